The zero-order valence-electron chi connectivity index (χ0n) is 61.0. The molecule has 0 radical (unpaired) electrons. The first-order valence-electron chi connectivity index (χ1n) is 38.5. The molecule has 3 aliphatic rings. The molecule has 0 N–H and O–H groups in total. The summed E-state index contributed by atoms with van der Waals surface area (Å²) < 4.78 is 9.67. The van der Waals surface area contributed by atoms with Crippen molar-refractivity contribution in [3.05, 3.63) is 369 Å². The number of aromatic nitrogens is 8. The molecule has 21 aromatic rings. The van der Waals surface area contributed by atoms with Crippen LogP contribution in [0.2, 0.25) is 0 Å². The Morgan fingerprint density at radius 2 is 0.646 bits per heavy atom. The van der Waals surface area contributed by atoms with Gasteiger partial charge in [-0.05, 0) is 183 Å². The summed E-state index contributed by atoms with van der Waals surface area (Å²) in [4.78, 5) is 30.8. The predicted octanol–water partition coefficient (Wildman–Crippen LogP) is 27.3. The van der Waals surface area contributed by atoms with Crippen LogP contribution in [0.4, 0.5) is 0 Å². The first-order chi connectivity index (χ1) is 55.9. The van der Waals surface area contributed by atoms with Crippen molar-refractivity contribution in [2.45, 2.75) is 19.3 Å². The van der Waals surface area contributed by atoms with E-state index in [1.807, 2.05) is 29.5 Å². The second-order valence-electron chi connectivity index (χ2n) is 29.6. The van der Waals surface area contributed by atoms with Crippen molar-refractivity contribution >= 4 is 112 Å². The highest BCUT2D eigenvalue weighted by atomic mass is 32.1. The summed E-state index contributed by atoms with van der Waals surface area (Å²) in [5.74, 6) is 4.04. The minimum Gasteiger partial charge on any atom is -0.309 e. The normalized spacial score (nSPS) is 12.7. The Labute approximate surface area is 658 Å². The monoisotopic (exact) mass is 1480 g/mol. The molecule has 3 aliphatic carbocycles. The van der Waals surface area contributed by atoms with E-state index in [-0.39, 0.29) is 0 Å². The molecular weight excluding hydrogens is 1410 g/mol. The lowest BCUT2D eigenvalue weighted by Crippen LogP contribution is -2.08. The van der Waals surface area contributed by atoms with Crippen LogP contribution >= 0.6 is 22.7 Å². The maximum atomic E-state index is 5.23. The van der Waals surface area contributed by atoms with Gasteiger partial charge in [0.25, 0.3) is 0 Å². The molecule has 113 heavy (non-hydrogen) atoms. The number of rotatable bonds is 13. The van der Waals surface area contributed by atoms with Crippen LogP contribution in [0.1, 0.15) is 29.8 Å². The first kappa shape index (κ1) is 64.8. The standard InChI is InChI=1S/C103H64N8S2/c1-4-15-63(16-5-1)72-40-49-92-86(56-72)82-23-10-12-25-90(82)110(92)79-44-36-67(37-45-79)74-42-51-94-88(58-74)84-47-38-76(60-96(84)112-94)101-105-98(68-17-6-2-7-18-68)104-100(107-101)70-34-32-65(33-35-70)64-28-30-66(31-29-64)73-41-50-93-87(57-73)83-24-11-13-26-91(83)111(93)80-22-14-21-71(55-80)75-43-52-95-89(59-75)85-48-39-77(61-97(85)113-95)102-106-99(69-19-8-3-9-20-69)108-103(109-102)81-46-27-62-53-78(81)54-62/h1-2,4-8,10-53,55-61H,3,9,54H2. The topological polar surface area (TPSA) is 87.2 Å². The van der Waals surface area contributed by atoms with Gasteiger partial charge in [-0.3, -0.25) is 0 Å². The summed E-state index contributed by atoms with van der Waals surface area (Å²) in [6, 6.07) is 121. The molecule has 528 valence electrons. The number of para-hydroxylation sites is 2. The zero-order chi connectivity index (χ0) is 74.2. The largest absolute Gasteiger partial charge is 0.309 e. The molecule has 15 aromatic carbocycles. The highest BCUT2D eigenvalue weighted by Crippen LogP contribution is 2.45. The van der Waals surface area contributed by atoms with Crippen LogP contribution in [0.25, 0.3) is 213 Å². The van der Waals surface area contributed by atoms with E-state index in [1.165, 1.54) is 117 Å². The van der Waals surface area contributed by atoms with Crippen molar-refractivity contribution in [1.82, 2.24) is 39.0 Å². The third-order valence-electron chi connectivity index (χ3n) is 22.9. The summed E-state index contributed by atoms with van der Waals surface area (Å²) in [5.41, 5.74) is 27.2. The van der Waals surface area contributed by atoms with E-state index in [2.05, 4.69) is 343 Å². The Hall–Kier alpha value is -14.2. The van der Waals surface area contributed by atoms with Crippen LogP contribution in [0.3, 0.4) is 0 Å². The molecule has 0 saturated heterocycles. The van der Waals surface area contributed by atoms with Crippen molar-refractivity contribution in [3.8, 4) is 124 Å². The lowest BCUT2D eigenvalue weighted by molar-refractivity contribution is 0.997. The lowest BCUT2D eigenvalue weighted by atomic mass is 9.88. The van der Waals surface area contributed by atoms with Crippen LogP contribution in [0.5, 0.6) is 0 Å². The Bertz CT molecular complexity index is 7550. The first-order valence-corrected chi connectivity index (χ1v) is 40.1. The van der Waals surface area contributed by atoms with Gasteiger partial charge in [0.2, 0.25) is 0 Å². The summed E-state index contributed by atoms with van der Waals surface area (Å²) in [7, 11) is 0. The summed E-state index contributed by atoms with van der Waals surface area (Å²) in [5, 5.41) is 9.81. The zero-order valence-corrected chi connectivity index (χ0v) is 62.6. The molecule has 10 heteroatoms. The molecule has 0 atom stereocenters. The minimum atomic E-state index is 0.620. The maximum Gasteiger partial charge on any atom is 0.164 e. The van der Waals surface area contributed by atoms with Gasteiger partial charge < -0.3 is 9.13 Å². The predicted molar refractivity (Wildman–Crippen MR) is 471 cm³/mol. The van der Waals surface area contributed by atoms with E-state index in [1.54, 1.807) is 11.3 Å². The SMILES string of the molecule is C1=CC(c2nc(-c3ccc4c(c3)sc3ccc(-c5cccc(-n6c7ccccc7c7cc(-c8ccc(-c9ccc(-c%10nc(-c%11ccccc%11)nc(-c%11ccc%12c(c%11)sc%11ccc(-c%13ccc(-n%14c%15ccccc%15c%15cc(-c%16ccccc%16)ccc%15%14)cc%13)cc%11%12)n%10)cc9)cc8)ccc76)c5)cc34)nc(-c3ccc4cc3C4)n2)=CCC1. The maximum absolute atomic E-state index is 5.23. The van der Waals surface area contributed by atoms with Crippen molar-refractivity contribution in [3.63, 3.8) is 0 Å². The van der Waals surface area contributed by atoms with Crippen molar-refractivity contribution < 1.29 is 0 Å². The molecule has 6 heterocycles. The molecule has 0 unspecified atom stereocenters. The Kier molecular flexibility index (Phi) is 15.1. The van der Waals surface area contributed by atoms with Gasteiger partial charge in [-0.2, -0.15) is 0 Å². The second kappa shape index (κ2) is 26.3. The fraction of sp³-hybridized carbons (Fsp3) is 0.0291. The molecule has 0 spiro atoms. The smallest absolute Gasteiger partial charge is 0.164 e. The fourth-order valence-corrected chi connectivity index (χ4v) is 19.3. The molecule has 0 fully saturated rings. The average molecular weight is 1480 g/mol. The van der Waals surface area contributed by atoms with E-state index >= 15 is 0 Å². The number of fused-ring (bicyclic) bond motifs is 14. The average Bonchev–Trinajstić information content (AvgIpc) is 1.61. The van der Waals surface area contributed by atoms with Gasteiger partial charge in [0, 0.05) is 107 Å². The number of benzene rings is 15. The van der Waals surface area contributed by atoms with Gasteiger partial charge in [-0.25, -0.2) is 29.9 Å². The molecule has 8 nitrogen and oxygen atoms in total. The minimum absolute atomic E-state index is 0.620. The fourth-order valence-electron chi connectivity index (χ4n) is 17.1. The summed E-state index contributed by atoms with van der Waals surface area (Å²) in [6.45, 7) is 0. The van der Waals surface area contributed by atoms with Gasteiger partial charge >= 0.3 is 0 Å². The number of nitrogens with zero attached hydrogens (tertiary/aromatic N) is 8. The second-order valence-corrected chi connectivity index (χ2v) is 31.8. The third kappa shape index (κ3) is 11.2. The lowest BCUT2D eigenvalue weighted by Gasteiger charge is -2.19. The highest BCUT2D eigenvalue weighted by molar-refractivity contribution is 7.26. The molecule has 24 rings (SSSR count). The quantitative estimate of drug-likeness (QED) is 0.114. The third-order valence-corrected chi connectivity index (χ3v) is 25.1. The Balaban J connectivity index is 0.506. The number of hydrogen-bond acceptors (Lipinski definition) is 8. The molecule has 0 aliphatic heterocycles. The van der Waals surface area contributed by atoms with E-state index in [0.717, 1.165) is 109 Å². The van der Waals surface area contributed by atoms with Crippen LogP contribution in [0.15, 0.2) is 352 Å². The van der Waals surface area contributed by atoms with Crippen LogP contribution in [-0.2, 0) is 6.42 Å². The number of hydrogen-bond donors (Lipinski definition) is 0. The summed E-state index contributed by atoms with van der Waals surface area (Å²) >= 11 is 3.62. The highest BCUT2D eigenvalue weighted by Gasteiger charge is 2.24. The van der Waals surface area contributed by atoms with Crippen LogP contribution in [-0.4, -0.2) is 39.0 Å². The van der Waals surface area contributed by atoms with E-state index in [4.69, 9.17) is 29.9 Å². The van der Waals surface area contributed by atoms with Crippen molar-refractivity contribution in [2.24, 2.45) is 0 Å². The van der Waals surface area contributed by atoms with Crippen molar-refractivity contribution in [1.29, 1.82) is 0 Å². The van der Waals surface area contributed by atoms with E-state index < -0.39 is 0 Å². The molecule has 0 amide bonds. The van der Waals surface area contributed by atoms with Crippen LogP contribution < -0.4 is 0 Å². The van der Waals surface area contributed by atoms with Gasteiger partial charge in [-0.1, -0.05) is 255 Å². The van der Waals surface area contributed by atoms with Gasteiger partial charge in [0.05, 0.1) is 22.1 Å². The summed E-state index contributed by atoms with van der Waals surface area (Å²) in [6.07, 6.45) is 9.59. The van der Waals surface area contributed by atoms with E-state index in [9.17, 15) is 0 Å². The van der Waals surface area contributed by atoms with Crippen molar-refractivity contribution in [2.75, 3.05) is 0 Å². The Morgan fingerprint density at radius 3 is 1.20 bits per heavy atom. The molecule has 0 saturated carbocycles. The Morgan fingerprint density at radius 1 is 0.239 bits per heavy atom. The van der Waals surface area contributed by atoms with E-state index in [0.29, 0.717) is 23.3 Å². The molecule has 6 aromatic heterocycles. The van der Waals surface area contributed by atoms with Gasteiger partial charge in [-0.15, -0.1) is 22.7 Å². The molecular formula is C103H64N8S2. The molecule has 2 bridgehead atoms. The van der Waals surface area contributed by atoms with Gasteiger partial charge in [0.1, 0.15) is 0 Å². The van der Waals surface area contributed by atoms with Crippen LogP contribution in [0, 0.1) is 0 Å². The number of thiophene rings is 2. The number of allylic oxidation sites excluding steroid dienone is 4. The van der Waals surface area contributed by atoms with Gasteiger partial charge in [0.15, 0.2) is 34.9 Å².